The summed E-state index contributed by atoms with van der Waals surface area (Å²) in [5.74, 6) is -0.658. The number of ketones is 1. The Balaban J connectivity index is 1.69. The highest BCUT2D eigenvalue weighted by Gasteiger charge is 2.17. The van der Waals surface area contributed by atoms with Gasteiger partial charge in [0.2, 0.25) is 0 Å². The van der Waals surface area contributed by atoms with Crippen LogP contribution in [0.4, 0.5) is 8.78 Å². The average molecular weight is 379 g/mol. The van der Waals surface area contributed by atoms with Crippen LogP contribution in [0, 0.1) is 11.6 Å². The zero-order valence-electron chi connectivity index (χ0n) is 14.3. The van der Waals surface area contributed by atoms with E-state index in [2.05, 4.69) is 4.98 Å². The highest BCUT2D eigenvalue weighted by atomic mass is 32.1. The molecule has 0 N–H and O–H groups in total. The highest BCUT2D eigenvalue weighted by Crippen LogP contribution is 2.38. The molecule has 0 aliphatic carbocycles. The summed E-state index contributed by atoms with van der Waals surface area (Å²) in [5, 5.41) is 0.947. The molecule has 2 heterocycles. The Kier molecular flexibility index (Phi) is 4.77. The minimum Gasteiger partial charge on any atom is -0.299 e. The molecule has 0 fully saturated rings. The van der Waals surface area contributed by atoms with Crippen LogP contribution in [0.3, 0.4) is 0 Å². The van der Waals surface area contributed by atoms with Crippen LogP contribution in [-0.4, -0.2) is 10.8 Å². The topological polar surface area (TPSA) is 30.0 Å². The van der Waals surface area contributed by atoms with Crippen LogP contribution in [0.2, 0.25) is 0 Å². The number of carbonyl (C=O) groups excluding carboxylic acids is 1. The van der Waals surface area contributed by atoms with Gasteiger partial charge in [0.15, 0.2) is 0 Å². The molecular formula is C22H15F2NOS. The SMILES string of the molecule is O=C(Cc1cccc(F)c1)Cc1sc2ncccc2c1-c1ccc(F)cc1. The Morgan fingerprint density at radius 3 is 2.52 bits per heavy atom. The van der Waals surface area contributed by atoms with Gasteiger partial charge in [-0.1, -0.05) is 24.3 Å². The van der Waals surface area contributed by atoms with E-state index in [4.69, 9.17) is 0 Å². The van der Waals surface area contributed by atoms with Gasteiger partial charge < -0.3 is 0 Å². The maximum absolute atomic E-state index is 13.4. The minimum absolute atomic E-state index is 0.00415. The fraction of sp³-hybridized carbons (Fsp3) is 0.0909. The fourth-order valence-electron chi connectivity index (χ4n) is 3.15. The molecular weight excluding hydrogens is 364 g/mol. The number of hydrogen-bond acceptors (Lipinski definition) is 3. The average Bonchev–Trinajstić information content (AvgIpc) is 3.00. The summed E-state index contributed by atoms with van der Waals surface area (Å²) < 4.78 is 26.7. The summed E-state index contributed by atoms with van der Waals surface area (Å²) in [4.78, 5) is 18.7. The van der Waals surface area contributed by atoms with Crippen LogP contribution in [-0.2, 0) is 17.6 Å². The monoisotopic (exact) mass is 379 g/mol. The van der Waals surface area contributed by atoms with E-state index >= 15 is 0 Å². The molecule has 4 rings (SSSR count). The number of aromatic nitrogens is 1. The summed E-state index contributed by atoms with van der Waals surface area (Å²) in [6.45, 7) is 0. The van der Waals surface area contributed by atoms with Gasteiger partial charge in [-0.15, -0.1) is 11.3 Å². The normalized spacial score (nSPS) is 11.0. The lowest BCUT2D eigenvalue weighted by molar-refractivity contribution is -0.117. The number of benzene rings is 2. The van der Waals surface area contributed by atoms with Crippen molar-refractivity contribution in [1.29, 1.82) is 0 Å². The molecule has 2 aromatic carbocycles. The van der Waals surface area contributed by atoms with E-state index in [1.165, 1.54) is 35.6 Å². The predicted octanol–water partition coefficient (Wildman–Crippen LogP) is 5.60. The molecule has 0 radical (unpaired) electrons. The Bertz CT molecular complexity index is 1120. The van der Waals surface area contributed by atoms with Gasteiger partial charge in [0.1, 0.15) is 22.2 Å². The summed E-state index contributed by atoms with van der Waals surface area (Å²) in [7, 11) is 0. The number of hydrogen-bond donors (Lipinski definition) is 0. The van der Waals surface area contributed by atoms with Crippen LogP contribution >= 0.6 is 11.3 Å². The Morgan fingerprint density at radius 1 is 0.926 bits per heavy atom. The van der Waals surface area contributed by atoms with E-state index in [-0.39, 0.29) is 30.3 Å². The fourth-order valence-corrected chi connectivity index (χ4v) is 4.34. The van der Waals surface area contributed by atoms with Crippen LogP contribution < -0.4 is 0 Å². The van der Waals surface area contributed by atoms with Gasteiger partial charge in [-0.3, -0.25) is 4.79 Å². The summed E-state index contributed by atoms with van der Waals surface area (Å²) in [6, 6.07) is 16.1. The van der Waals surface area contributed by atoms with Gasteiger partial charge in [-0.25, -0.2) is 13.8 Å². The molecule has 27 heavy (non-hydrogen) atoms. The number of pyridine rings is 1. The molecule has 0 saturated heterocycles. The maximum Gasteiger partial charge on any atom is 0.142 e. The van der Waals surface area contributed by atoms with Crippen molar-refractivity contribution < 1.29 is 13.6 Å². The molecule has 0 unspecified atom stereocenters. The van der Waals surface area contributed by atoms with E-state index in [9.17, 15) is 13.6 Å². The number of rotatable bonds is 5. The Labute approximate surface area is 159 Å². The van der Waals surface area contributed by atoms with Crippen molar-refractivity contribution in [1.82, 2.24) is 4.98 Å². The zero-order valence-corrected chi connectivity index (χ0v) is 15.1. The molecule has 134 valence electrons. The molecule has 0 amide bonds. The number of fused-ring (bicyclic) bond motifs is 1. The van der Waals surface area contributed by atoms with Gasteiger partial charge in [-0.05, 0) is 47.5 Å². The second-order valence-corrected chi connectivity index (χ2v) is 7.37. The van der Waals surface area contributed by atoms with E-state index < -0.39 is 0 Å². The molecule has 0 spiro atoms. The molecule has 0 atom stereocenters. The zero-order chi connectivity index (χ0) is 18.8. The van der Waals surface area contributed by atoms with Gasteiger partial charge >= 0.3 is 0 Å². The molecule has 2 aromatic heterocycles. The van der Waals surface area contributed by atoms with Crippen LogP contribution in [0.5, 0.6) is 0 Å². The molecule has 2 nitrogen and oxygen atoms in total. The van der Waals surface area contributed by atoms with E-state index in [0.717, 1.165) is 26.2 Å². The number of thiophene rings is 1. The summed E-state index contributed by atoms with van der Waals surface area (Å²) in [5.41, 5.74) is 2.42. The molecule has 0 saturated carbocycles. The molecule has 0 aliphatic rings. The van der Waals surface area contributed by atoms with E-state index in [1.54, 1.807) is 30.5 Å². The molecule has 0 aliphatic heterocycles. The van der Waals surface area contributed by atoms with Crippen LogP contribution in [0.25, 0.3) is 21.3 Å². The smallest absolute Gasteiger partial charge is 0.142 e. The standard InChI is InChI=1S/C22H15F2NOS/c23-16-8-6-15(7-9-16)21-19-5-2-10-25-22(19)27-20(21)13-18(26)12-14-3-1-4-17(24)11-14/h1-11H,12-13H2. The largest absolute Gasteiger partial charge is 0.299 e. The van der Waals surface area contributed by atoms with E-state index in [0.29, 0.717) is 5.56 Å². The number of halogens is 2. The molecule has 4 aromatic rings. The quantitative estimate of drug-likeness (QED) is 0.452. The van der Waals surface area contributed by atoms with Crippen LogP contribution in [0.15, 0.2) is 66.9 Å². The third-order valence-electron chi connectivity index (χ3n) is 4.32. The first kappa shape index (κ1) is 17.5. The summed E-state index contributed by atoms with van der Waals surface area (Å²) >= 11 is 1.47. The lowest BCUT2D eigenvalue weighted by Gasteiger charge is -2.06. The van der Waals surface area contributed by atoms with Crippen LogP contribution in [0.1, 0.15) is 10.4 Å². The second kappa shape index (κ2) is 7.37. The Hall–Kier alpha value is -2.92. The first-order chi connectivity index (χ1) is 13.1. The first-order valence-electron chi connectivity index (χ1n) is 8.48. The molecule has 5 heteroatoms. The number of nitrogens with zero attached hydrogens (tertiary/aromatic N) is 1. The highest BCUT2D eigenvalue weighted by molar-refractivity contribution is 7.19. The van der Waals surface area contributed by atoms with Gasteiger partial charge in [0.25, 0.3) is 0 Å². The van der Waals surface area contributed by atoms with Crippen molar-refractivity contribution in [3.8, 4) is 11.1 Å². The van der Waals surface area contributed by atoms with Crippen molar-refractivity contribution in [2.45, 2.75) is 12.8 Å². The van der Waals surface area contributed by atoms with Crippen molar-refractivity contribution in [2.75, 3.05) is 0 Å². The van der Waals surface area contributed by atoms with Crippen molar-refractivity contribution in [2.24, 2.45) is 0 Å². The van der Waals surface area contributed by atoms with Gasteiger partial charge in [-0.2, -0.15) is 0 Å². The predicted molar refractivity (Wildman–Crippen MR) is 104 cm³/mol. The second-order valence-electron chi connectivity index (χ2n) is 6.29. The third kappa shape index (κ3) is 3.78. The van der Waals surface area contributed by atoms with Crippen molar-refractivity contribution in [3.63, 3.8) is 0 Å². The Morgan fingerprint density at radius 2 is 1.74 bits per heavy atom. The van der Waals surface area contributed by atoms with Crippen molar-refractivity contribution in [3.05, 3.63) is 88.9 Å². The van der Waals surface area contributed by atoms with Gasteiger partial charge in [0.05, 0.1) is 0 Å². The third-order valence-corrected chi connectivity index (χ3v) is 5.43. The molecule has 0 bridgehead atoms. The lowest BCUT2D eigenvalue weighted by Crippen LogP contribution is -2.06. The number of Topliss-reactive ketones (excluding diaryl/α,β-unsaturated/α-hetero) is 1. The van der Waals surface area contributed by atoms with Gasteiger partial charge in [0, 0.05) is 34.9 Å². The van der Waals surface area contributed by atoms with Crippen molar-refractivity contribution >= 4 is 27.3 Å². The lowest BCUT2D eigenvalue weighted by atomic mass is 9.99. The number of carbonyl (C=O) groups is 1. The first-order valence-corrected chi connectivity index (χ1v) is 9.30. The van der Waals surface area contributed by atoms with E-state index in [1.807, 2.05) is 12.1 Å². The minimum atomic E-state index is -0.349. The maximum atomic E-state index is 13.4. The summed E-state index contributed by atoms with van der Waals surface area (Å²) in [6.07, 6.45) is 2.11.